The SMILES string of the molecule is O=CN(O)CC(Cc1ccccc1)C(=O)NC(C(=O)NC1CCCCC1)C1CCCCC1. The van der Waals surface area contributed by atoms with Gasteiger partial charge in [-0.05, 0) is 43.6 Å². The van der Waals surface area contributed by atoms with E-state index in [2.05, 4.69) is 10.6 Å². The molecule has 0 saturated heterocycles. The molecular weight excluding hydrogens is 406 g/mol. The lowest BCUT2D eigenvalue weighted by atomic mass is 9.82. The summed E-state index contributed by atoms with van der Waals surface area (Å²) in [6.07, 6.45) is 11.3. The Kier molecular flexibility index (Phi) is 9.53. The maximum atomic E-state index is 13.3. The van der Waals surface area contributed by atoms with Gasteiger partial charge >= 0.3 is 0 Å². The van der Waals surface area contributed by atoms with Crippen molar-refractivity contribution in [3.05, 3.63) is 35.9 Å². The van der Waals surface area contributed by atoms with Gasteiger partial charge in [-0.2, -0.15) is 0 Å². The van der Waals surface area contributed by atoms with Crippen LogP contribution in [0.3, 0.4) is 0 Å². The quantitative estimate of drug-likeness (QED) is 0.294. The van der Waals surface area contributed by atoms with Crippen molar-refractivity contribution in [2.75, 3.05) is 6.54 Å². The third-order valence-corrected chi connectivity index (χ3v) is 6.88. The van der Waals surface area contributed by atoms with Crippen molar-refractivity contribution in [3.63, 3.8) is 0 Å². The van der Waals surface area contributed by atoms with Gasteiger partial charge < -0.3 is 10.6 Å². The van der Waals surface area contributed by atoms with E-state index < -0.39 is 12.0 Å². The highest BCUT2D eigenvalue weighted by molar-refractivity contribution is 5.89. The number of carbonyl (C=O) groups is 3. The third kappa shape index (κ3) is 7.33. The van der Waals surface area contributed by atoms with Gasteiger partial charge in [-0.1, -0.05) is 68.9 Å². The van der Waals surface area contributed by atoms with Crippen molar-refractivity contribution in [1.29, 1.82) is 0 Å². The number of hydrogen-bond acceptors (Lipinski definition) is 4. The molecule has 3 rings (SSSR count). The second kappa shape index (κ2) is 12.6. The van der Waals surface area contributed by atoms with E-state index in [1.807, 2.05) is 30.3 Å². The molecule has 0 spiro atoms. The van der Waals surface area contributed by atoms with E-state index in [-0.39, 0.29) is 30.3 Å². The van der Waals surface area contributed by atoms with E-state index >= 15 is 0 Å². The van der Waals surface area contributed by atoms with Gasteiger partial charge in [-0.25, -0.2) is 5.06 Å². The summed E-state index contributed by atoms with van der Waals surface area (Å²) in [5.74, 6) is -0.929. The van der Waals surface area contributed by atoms with Gasteiger partial charge in [0.25, 0.3) is 0 Å². The maximum absolute atomic E-state index is 13.3. The summed E-state index contributed by atoms with van der Waals surface area (Å²) < 4.78 is 0. The van der Waals surface area contributed by atoms with Gasteiger partial charge in [-0.3, -0.25) is 19.6 Å². The van der Waals surface area contributed by atoms with Crippen LogP contribution in [-0.4, -0.2) is 47.1 Å². The number of amides is 3. The summed E-state index contributed by atoms with van der Waals surface area (Å²) in [6.45, 7) is -0.119. The van der Waals surface area contributed by atoms with Crippen LogP contribution in [0.25, 0.3) is 0 Å². The summed E-state index contributed by atoms with van der Waals surface area (Å²) in [7, 11) is 0. The maximum Gasteiger partial charge on any atom is 0.243 e. The number of nitrogens with zero attached hydrogens (tertiary/aromatic N) is 1. The van der Waals surface area contributed by atoms with Crippen molar-refractivity contribution in [1.82, 2.24) is 15.7 Å². The van der Waals surface area contributed by atoms with Gasteiger partial charge in [0.15, 0.2) is 0 Å². The first-order chi connectivity index (χ1) is 15.6. The minimum Gasteiger partial charge on any atom is -0.352 e. The Hall–Kier alpha value is -2.41. The highest BCUT2D eigenvalue weighted by Crippen LogP contribution is 2.27. The molecule has 32 heavy (non-hydrogen) atoms. The molecule has 0 aromatic heterocycles. The molecule has 7 heteroatoms. The third-order valence-electron chi connectivity index (χ3n) is 6.88. The van der Waals surface area contributed by atoms with Gasteiger partial charge in [-0.15, -0.1) is 0 Å². The summed E-state index contributed by atoms with van der Waals surface area (Å²) in [5.41, 5.74) is 0.938. The fraction of sp³-hybridized carbons (Fsp3) is 0.640. The van der Waals surface area contributed by atoms with Crippen molar-refractivity contribution < 1.29 is 19.6 Å². The normalized spacial score (nSPS) is 19.5. The molecule has 3 N–H and O–H groups in total. The van der Waals surface area contributed by atoms with E-state index in [1.54, 1.807) is 0 Å². The van der Waals surface area contributed by atoms with Crippen molar-refractivity contribution in [2.24, 2.45) is 11.8 Å². The molecule has 1 aromatic rings. The smallest absolute Gasteiger partial charge is 0.243 e. The van der Waals surface area contributed by atoms with E-state index in [9.17, 15) is 19.6 Å². The van der Waals surface area contributed by atoms with Crippen LogP contribution in [0.5, 0.6) is 0 Å². The number of hydrogen-bond donors (Lipinski definition) is 3. The molecule has 2 fully saturated rings. The highest BCUT2D eigenvalue weighted by atomic mass is 16.5. The van der Waals surface area contributed by atoms with Crippen LogP contribution >= 0.6 is 0 Å². The highest BCUT2D eigenvalue weighted by Gasteiger charge is 2.34. The summed E-state index contributed by atoms with van der Waals surface area (Å²) >= 11 is 0. The number of hydroxylamine groups is 2. The molecule has 2 aliphatic rings. The minimum absolute atomic E-state index is 0.0909. The van der Waals surface area contributed by atoms with Crippen LogP contribution in [0.4, 0.5) is 0 Å². The Bertz CT molecular complexity index is 730. The number of benzene rings is 1. The van der Waals surface area contributed by atoms with E-state index in [0.29, 0.717) is 17.9 Å². The zero-order valence-corrected chi connectivity index (χ0v) is 18.9. The van der Waals surface area contributed by atoms with Crippen LogP contribution in [-0.2, 0) is 20.8 Å². The molecular formula is C25H37N3O4. The summed E-state index contributed by atoms with van der Waals surface area (Å²) in [5, 5.41) is 16.5. The summed E-state index contributed by atoms with van der Waals surface area (Å²) in [6, 6.07) is 9.12. The lowest BCUT2D eigenvalue weighted by molar-refractivity contribution is -0.155. The fourth-order valence-electron chi connectivity index (χ4n) is 5.08. The first kappa shape index (κ1) is 24.2. The molecule has 2 unspecified atom stereocenters. The van der Waals surface area contributed by atoms with Crippen LogP contribution in [0, 0.1) is 11.8 Å². The average molecular weight is 444 g/mol. The molecule has 176 valence electrons. The van der Waals surface area contributed by atoms with Gasteiger partial charge in [0.2, 0.25) is 18.2 Å². The Labute approximate surface area is 190 Å². The van der Waals surface area contributed by atoms with Gasteiger partial charge in [0, 0.05) is 6.04 Å². The Balaban J connectivity index is 1.72. The molecule has 0 heterocycles. The molecule has 3 amide bonds. The number of carbonyl (C=O) groups excluding carboxylic acids is 3. The Morgan fingerprint density at radius 2 is 1.59 bits per heavy atom. The molecule has 2 aliphatic carbocycles. The first-order valence-electron chi connectivity index (χ1n) is 12.1. The molecule has 1 aromatic carbocycles. The second-order valence-corrected chi connectivity index (χ2v) is 9.34. The standard InChI is InChI=1S/C25H37N3O4/c29-18-28(32)17-21(16-19-10-4-1-5-11-19)24(30)27-23(20-12-6-2-7-13-20)25(31)26-22-14-8-3-9-15-22/h1,4-5,10-11,18,20-23,32H,2-3,6-9,12-17H2,(H,26,31)(H,27,30). The molecule has 0 aliphatic heterocycles. The van der Waals surface area contributed by atoms with E-state index in [0.717, 1.165) is 63.4 Å². The largest absolute Gasteiger partial charge is 0.352 e. The average Bonchev–Trinajstić information content (AvgIpc) is 2.83. The van der Waals surface area contributed by atoms with Gasteiger partial charge in [0.1, 0.15) is 6.04 Å². The van der Waals surface area contributed by atoms with Crippen molar-refractivity contribution in [2.45, 2.75) is 82.7 Å². The first-order valence-corrected chi connectivity index (χ1v) is 12.1. The van der Waals surface area contributed by atoms with Crippen LogP contribution in [0.15, 0.2) is 30.3 Å². The predicted molar refractivity (Wildman–Crippen MR) is 122 cm³/mol. The monoisotopic (exact) mass is 443 g/mol. The van der Waals surface area contributed by atoms with E-state index in [1.165, 1.54) is 6.42 Å². The molecule has 0 radical (unpaired) electrons. The molecule has 2 saturated carbocycles. The molecule has 0 bridgehead atoms. The van der Waals surface area contributed by atoms with Crippen molar-refractivity contribution >= 4 is 18.2 Å². The van der Waals surface area contributed by atoms with Crippen LogP contribution in [0.2, 0.25) is 0 Å². The van der Waals surface area contributed by atoms with Crippen LogP contribution in [0.1, 0.15) is 69.8 Å². The molecule has 7 nitrogen and oxygen atoms in total. The topological polar surface area (TPSA) is 98.7 Å². The lowest BCUT2D eigenvalue weighted by Gasteiger charge is -2.33. The number of rotatable bonds is 10. The Morgan fingerprint density at radius 1 is 0.969 bits per heavy atom. The zero-order chi connectivity index (χ0) is 22.8. The number of nitrogens with one attached hydrogen (secondary N) is 2. The zero-order valence-electron chi connectivity index (χ0n) is 18.9. The van der Waals surface area contributed by atoms with Crippen molar-refractivity contribution in [3.8, 4) is 0 Å². The second-order valence-electron chi connectivity index (χ2n) is 9.34. The lowest BCUT2D eigenvalue weighted by Crippen LogP contribution is -2.55. The summed E-state index contributed by atoms with van der Waals surface area (Å²) in [4.78, 5) is 37.6. The van der Waals surface area contributed by atoms with Crippen LogP contribution < -0.4 is 10.6 Å². The fourth-order valence-corrected chi connectivity index (χ4v) is 5.08. The Morgan fingerprint density at radius 3 is 2.22 bits per heavy atom. The van der Waals surface area contributed by atoms with Gasteiger partial charge in [0.05, 0.1) is 12.5 Å². The van der Waals surface area contributed by atoms with E-state index in [4.69, 9.17) is 0 Å². The predicted octanol–water partition coefficient (Wildman–Crippen LogP) is 3.21. The molecule has 2 atom stereocenters. The minimum atomic E-state index is -0.652.